The fourth-order valence-corrected chi connectivity index (χ4v) is 1.63. The summed E-state index contributed by atoms with van der Waals surface area (Å²) in [7, 11) is 1.58. The number of nitrogens with zero attached hydrogens (tertiary/aromatic N) is 2. The van der Waals surface area contributed by atoms with Gasteiger partial charge in [0.2, 0.25) is 0 Å². The Morgan fingerprint density at radius 3 is 3.00 bits per heavy atom. The van der Waals surface area contributed by atoms with Gasteiger partial charge in [0.1, 0.15) is 19.8 Å². The van der Waals surface area contributed by atoms with Gasteiger partial charge in [-0.2, -0.15) is 5.26 Å². The lowest BCUT2D eigenvalue weighted by molar-refractivity contribution is 0.0801. The smallest absolute Gasteiger partial charge is 0.258 e. The van der Waals surface area contributed by atoms with Gasteiger partial charge in [0.15, 0.2) is 11.5 Å². The predicted molar refractivity (Wildman–Crippen MR) is 60.0 cm³/mol. The minimum Gasteiger partial charge on any atom is -0.486 e. The summed E-state index contributed by atoms with van der Waals surface area (Å²) >= 11 is 0. The molecule has 0 fully saturated rings. The Morgan fingerprint density at radius 1 is 1.47 bits per heavy atom. The molecule has 5 heteroatoms. The molecule has 0 spiro atoms. The fourth-order valence-electron chi connectivity index (χ4n) is 1.63. The summed E-state index contributed by atoms with van der Waals surface area (Å²) in [6.45, 7) is 0.960. The highest BCUT2D eigenvalue weighted by atomic mass is 16.6. The number of ether oxygens (including phenoxy) is 2. The molecule has 1 heterocycles. The van der Waals surface area contributed by atoms with E-state index in [1.165, 1.54) is 4.90 Å². The zero-order valence-electron chi connectivity index (χ0n) is 9.47. The standard InChI is InChI=1S/C12H12N2O3/c1-14(6-5-13)12(15)9-3-2-4-10-11(9)17-8-7-16-10/h2-4H,6-8H2,1H3. The number of amides is 1. The van der Waals surface area contributed by atoms with E-state index in [4.69, 9.17) is 14.7 Å². The van der Waals surface area contributed by atoms with Crippen molar-refractivity contribution >= 4 is 5.91 Å². The Labute approximate surface area is 99.2 Å². The molecule has 2 rings (SSSR count). The molecule has 0 atom stereocenters. The van der Waals surface area contributed by atoms with Crippen LogP contribution in [0.2, 0.25) is 0 Å². The third-order valence-corrected chi connectivity index (χ3v) is 2.45. The van der Waals surface area contributed by atoms with Gasteiger partial charge >= 0.3 is 0 Å². The van der Waals surface area contributed by atoms with Crippen LogP contribution in [-0.4, -0.2) is 37.6 Å². The lowest BCUT2D eigenvalue weighted by Gasteiger charge is -2.22. The number of carbonyl (C=O) groups is 1. The molecule has 17 heavy (non-hydrogen) atoms. The van der Waals surface area contributed by atoms with Crippen LogP contribution < -0.4 is 9.47 Å². The molecule has 0 saturated carbocycles. The number of hydrogen-bond donors (Lipinski definition) is 0. The maximum absolute atomic E-state index is 12.0. The van der Waals surface area contributed by atoms with Gasteiger partial charge in [-0.05, 0) is 12.1 Å². The first-order valence-electron chi connectivity index (χ1n) is 5.25. The molecular formula is C12H12N2O3. The van der Waals surface area contributed by atoms with E-state index >= 15 is 0 Å². The number of rotatable bonds is 2. The second-order valence-corrected chi connectivity index (χ2v) is 3.65. The van der Waals surface area contributed by atoms with Crippen molar-refractivity contribution in [3.05, 3.63) is 23.8 Å². The highest BCUT2D eigenvalue weighted by Crippen LogP contribution is 2.34. The summed E-state index contributed by atoms with van der Waals surface area (Å²) < 4.78 is 10.8. The van der Waals surface area contributed by atoms with Gasteiger partial charge in [-0.3, -0.25) is 4.79 Å². The van der Waals surface area contributed by atoms with Crippen LogP contribution in [0.1, 0.15) is 10.4 Å². The SMILES string of the molecule is CN(CC#N)C(=O)c1cccc2c1OCCO2. The first kappa shape index (κ1) is 11.3. The summed E-state index contributed by atoms with van der Waals surface area (Å²) in [4.78, 5) is 13.4. The molecule has 0 bridgehead atoms. The molecule has 1 aromatic carbocycles. The van der Waals surface area contributed by atoms with Crippen molar-refractivity contribution in [3.63, 3.8) is 0 Å². The minimum absolute atomic E-state index is 0.0450. The summed E-state index contributed by atoms with van der Waals surface area (Å²) in [6, 6.07) is 7.10. The molecule has 1 aromatic rings. The van der Waals surface area contributed by atoms with Gasteiger partial charge in [-0.25, -0.2) is 0 Å². The zero-order valence-corrected chi connectivity index (χ0v) is 9.47. The van der Waals surface area contributed by atoms with Crippen LogP contribution in [0, 0.1) is 11.3 Å². The third kappa shape index (κ3) is 2.16. The summed E-state index contributed by atoms with van der Waals surface area (Å²) in [5, 5.41) is 8.57. The van der Waals surface area contributed by atoms with Gasteiger partial charge in [-0.1, -0.05) is 6.07 Å². The van der Waals surface area contributed by atoms with Crippen molar-refractivity contribution in [3.8, 4) is 17.6 Å². The molecule has 1 amide bonds. The number of carbonyl (C=O) groups excluding carboxylic acids is 1. The average molecular weight is 232 g/mol. The van der Waals surface area contributed by atoms with Crippen molar-refractivity contribution in [1.82, 2.24) is 4.90 Å². The van der Waals surface area contributed by atoms with E-state index in [0.717, 1.165) is 0 Å². The lowest BCUT2D eigenvalue weighted by atomic mass is 10.1. The first-order valence-corrected chi connectivity index (χ1v) is 5.25. The predicted octanol–water partition coefficient (Wildman–Crippen LogP) is 1.05. The van der Waals surface area contributed by atoms with Gasteiger partial charge in [-0.15, -0.1) is 0 Å². The molecule has 5 nitrogen and oxygen atoms in total. The van der Waals surface area contributed by atoms with E-state index in [0.29, 0.717) is 30.3 Å². The van der Waals surface area contributed by atoms with Crippen LogP contribution in [0.5, 0.6) is 11.5 Å². The van der Waals surface area contributed by atoms with Crippen molar-refractivity contribution in [2.24, 2.45) is 0 Å². The summed E-state index contributed by atoms with van der Waals surface area (Å²) in [5.41, 5.74) is 0.431. The quantitative estimate of drug-likeness (QED) is 0.715. The topological polar surface area (TPSA) is 62.6 Å². The molecule has 88 valence electrons. The van der Waals surface area contributed by atoms with E-state index < -0.39 is 0 Å². The number of nitriles is 1. The Morgan fingerprint density at radius 2 is 2.24 bits per heavy atom. The van der Waals surface area contributed by atoms with Crippen molar-refractivity contribution in [2.45, 2.75) is 0 Å². The van der Waals surface area contributed by atoms with E-state index in [1.807, 2.05) is 6.07 Å². The monoisotopic (exact) mass is 232 g/mol. The Kier molecular flexibility index (Phi) is 3.15. The number of hydrogen-bond acceptors (Lipinski definition) is 4. The van der Waals surface area contributed by atoms with Gasteiger partial charge in [0.05, 0.1) is 11.6 Å². The largest absolute Gasteiger partial charge is 0.486 e. The van der Waals surface area contributed by atoms with Gasteiger partial charge in [0, 0.05) is 7.05 Å². The second kappa shape index (κ2) is 4.74. The highest BCUT2D eigenvalue weighted by Gasteiger charge is 2.22. The molecule has 0 aromatic heterocycles. The molecule has 1 aliphatic heterocycles. The van der Waals surface area contributed by atoms with Crippen molar-refractivity contribution in [1.29, 1.82) is 5.26 Å². The first-order chi connectivity index (χ1) is 8.24. The molecule has 0 radical (unpaired) electrons. The number of para-hydroxylation sites is 1. The summed E-state index contributed by atoms with van der Waals surface area (Å²) in [6.07, 6.45) is 0. The van der Waals surface area contributed by atoms with Crippen LogP contribution in [0.25, 0.3) is 0 Å². The average Bonchev–Trinajstić information content (AvgIpc) is 2.37. The van der Waals surface area contributed by atoms with Crippen LogP contribution in [0.15, 0.2) is 18.2 Å². The Balaban J connectivity index is 2.33. The highest BCUT2D eigenvalue weighted by molar-refractivity contribution is 5.97. The maximum Gasteiger partial charge on any atom is 0.258 e. The van der Waals surface area contributed by atoms with E-state index in [1.54, 1.807) is 25.2 Å². The zero-order chi connectivity index (χ0) is 12.3. The molecule has 1 aliphatic rings. The minimum atomic E-state index is -0.242. The maximum atomic E-state index is 12.0. The summed E-state index contributed by atoms with van der Waals surface area (Å²) in [5.74, 6) is 0.801. The van der Waals surface area contributed by atoms with Crippen LogP contribution in [-0.2, 0) is 0 Å². The van der Waals surface area contributed by atoms with Gasteiger partial charge < -0.3 is 14.4 Å². The molecule has 0 saturated heterocycles. The molecular weight excluding hydrogens is 220 g/mol. The third-order valence-electron chi connectivity index (χ3n) is 2.45. The van der Waals surface area contributed by atoms with Crippen LogP contribution in [0.3, 0.4) is 0 Å². The van der Waals surface area contributed by atoms with Crippen LogP contribution >= 0.6 is 0 Å². The van der Waals surface area contributed by atoms with E-state index in [2.05, 4.69) is 0 Å². The van der Waals surface area contributed by atoms with Crippen molar-refractivity contribution in [2.75, 3.05) is 26.8 Å². The normalized spacial score (nSPS) is 12.7. The van der Waals surface area contributed by atoms with Crippen molar-refractivity contribution < 1.29 is 14.3 Å². The Bertz CT molecular complexity index is 479. The molecule has 0 unspecified atom stereocenters. The van der Waals surface area contributed by atoms with Gasteiger partial charge in [0.25, 0.3) is 5.91 Å². The van der Waals surface area contributed by atoms with E-state index in [-0.39, 0.29) is 12.5 Å². The Hall–Kier alpha value is -2.22. The fraction of sp³-hybridized carbons (Fsp3) is 0.333. The van der Waals surface area contributed by atoms with E-state index in [9.17, 15) is 4.79 Å². The molecule has 0 N–H and O–H groups in total. The second-order valence-electron chi connectivity index (χ2n) is 3.65. The van der Waals surface area contributed by atoms with Crippen LogP contribution in [0.4, 0.5) is 0 Å². The number of benzene rings is 1. The molecule has 0 aliphatic carbocycles. The lowest BCUT2D eigenvalue weighted by Crippen LogP contribution is -2.28. The number of fused-ring (bicyclic) bond motifs is 1.